The normalized spacial score (nSPS) is 16.0. The molecule has 0 saturated carbocycles. The van der Waals surface area contributed by atoms with Crippen LogP contribution in [-0.4, -0.2) is 49.0 Å². The maximum Gasteiger partial charge on any atom is 0.136 e. The standard InChI is InChI=1S/C23H31N3O2/c1-16(11-22-20(15-27)13-25-23(22)24-2)18-5-6-21(17-7-9-28-10-8-17)19(12-18)14-26(3)4/h5-6,11-13,17,25,27H,2,7-10,14-15H2,1,3-4H3/b16-11+. The highest BCUT2D eigenvalue weighted by atomic mass is 16.5. The number of aliphatic imine (C=N–C) groups is 1. The number of aromatic nitrogens is 1. The third-order valence-corrected chi connectivity index (χ3v) is 5.42. The Morgan fingerprint density at radius 2 is 2.07 bits per heavy atom. The number of nitrogens with one attached hydrogen (secondary N) is 1. The fourth-order valence-corrected chi connectivity index (χ4v) is 3.92. The van der Waals surface area contributed by atoms with E-state index in [1.54, 1.807) is 6.20 Å². The number of allylic oxidation sites excluding steroid dienone is 1. The first-order chi connectivity index (χ1) is 13.5. The van der Waals surface area contributed by atoms with Crippen LogP contribution in [0.15, 0.2) is 29.4 Å². The zero-order valence-corrected chi connectivity index (χ0v) is 17.2. The number of hydrogen-bond acceptors (Lipinski definition) is 4. The van der Waals surface area contributed by atoms with Crippen LogP contribution in [0.2, 0.25) is 0 Å². The molecule has 2 N–H and O–H groups in total. The summed E-state index contributed by atoms with van der Waals surface area (Å²) < 4.78 is 5.55. The Kier molecular flexibility index (Phi) is 6.83. The van der Waals surface area contributed by atoms with Crippen molar-refractivity contribution in [2.24, 2.45) is 4.99 Å². The monoisotopic (exact) mass is 381 g/mol. The van der Waals surface area contributed by atoms with Crippen LogP contribution in [-0.2, 0) is 17.9 Å². The summed E-state index contributed by atoms with van der Waals surface area (Å²) in [4.78, 5) is 9.33. The lowest BCUT2D eigenvalue weighted by molar-refractivity contribution is 0.0850. The number of ether oxygens (including phenoxy) is 1. The highest BCUT2D eigenvalue weighted by Crippen LogP contribution is 2.33. The van der Waals surface area contributed by atoms with Crippen LogP contribution in [0.25, 0.3) is 11.6 Å². The van der Waals surface area contributed by atoms with Gasteiger partial charge in [0.2, 0.25) is 0 Å². The van der Waals surface area contributed by atoms with Crippen LogP contribution in [0.4, 0.5) is 5.82 Å². The van der Waals surface area contributed by atoms with Crippen LogP contribution < -0.4 is 0 Å². The quantitative estimate of drug-likeness (QED) is 0.701. The number of aliphatic hydroxyl groups is 1. The lowest BCUT2D eigenvalue weighted by Crippen LogP contribution is -2.18. The summed E-state index contributed by atoms with van der Waals surface area (Å²) in [6.07, 6.45) is 6.04. The lowest BCUT2D eigenvalue weighted by Gasteiger charge is -2.26. The number of aliphatic hydroxyl groups excluding tert-OH is 1. The maximum absolute atomic E-state index is 9.61. The van der Waals surface area contributed by atoms with Gasteiger partial charge >= 0.3 is 0 Å². The predicted octanol–water partition coefficient (Wildman–Crippen LogP) is 4.36. The highest BCUT2D eigenvalue weighted by Gasteiger charge is 2.19. The zero-order valence-electron chi connectivity index (χ0n) is 17.2. The van der Waals surface area contributed by atoms with E-state index in [0.717, 1.165) is 49.3 Å². The molecule has 0 spiro atoms. The van der Waals surface area contributed by atoms with Gasteiger partial charge in [0, 0.05) is 37.1 Å². The van der Waals surface area contributed by atoms with E-state index in [1.807, 2.05) is 0 Å². The molecule has 28 heavy (non-hydrogen) atoms. The SMILES string of the molecule is C=Nc1[nH]cc(CO)c1/C=C(\C)c1ccc(C2CCOCC2)c(CN(C)C)c1. The summed E-state index contributed by atoms with van der Waals surface area (Å²) in [5, 5.41) is 9.61. The van der Waals surface area contributed by atoms with E-state index in [-0.39, 0.29) is 6.61 Å². The molecule has 1 aromatic carbocycles. The molecule has 0 bridgehead atoms. The molecule has 2 aromatic rings. The average molecular weight is 382 g/mol. The summed E-state index contributed by atoms with van der Waals surface area (Å²) in [7, 11) is 4.22. The number of rotatable bonds is 7. The molecule has 0 amide bonds. The summed E-state index contributed by atoms with van der Waals surface area (Å²) in [5.41, 5.74) is 6.87. The second kappa shape index (κ2) is 9.32. The molecule has 150 valence electrons. The average Bonchev–Trinajstić information content (AvgIpc) is 3.09. The topological polar surface area (TPSA) is 60.9 Å². The van der Waals surface area contributed by atoms with Gasteiger partial charge in [0.25, 0.3) is 0 Å². The van der Waals surface area contributed by atoms with E-state index < -0.39 is 0 Å². The molecule has 1 aliphatic rings. The van der Waals surface area contributed by atoms with E-state index >= 15 is 0 Å². The number of hydrogen-bond donors (Lipinski definition) is 2. The van der Waals surface area contributed by atoms with Crippen LogP contribution in [0.5, 0.6) is 0 Å². The van der Waals surface area contributed by atoms with Crippen molar-refractivity contribution in [3.05, 3.63) is 52.2 Å². The zero-order chi connectivity index (χ0) is 20.1. The van der Waals surface area contributed by atoms with E-state index in [9.17, 15) is 5.11 Å². The summed E-state index contributed by atoms with van der Waals surface area (Å²) in [5.74, 6) is 1.26. The fraction of sp³-hybridized carbons (Fsp3) is 0.435. The molecule has 1 aromatic heterocycles. The Balaban J connectivity index is 1.97. The minimum Gasteiger partial charge on any atom is -0.392 e. The van der Waals surface area contributed by atoms with Crippen molar-refractivity contribution in [1.82, 2.24) is 9.88 Å². The number of nitrogens with zero attached hydrogens (tertiary/aromatic N) is 2. The smallest absolute Gasteiger partial charge is 0.136 e. The van der Waals surface area contributed by atoms with Gasteiger partial charge in [-0.15, -0.1) is 0 Å². The second-order valence-electron chi connectivity index (χ2n) is 7.76. The van der Waals surface area contributed by atoms with Gasteiger partial charge in [-0.05, 0) is 80.9 Å². The van der Waals surface area contributed by atoms with Crippen molar-refractivity contribution in [1.29, 1.82) is 0 Å². The Hall–Kier alpha value is -2.21. The van der Waals surface area contributed by atoms with Crippen LogP contribution >= 0.6 is 0 Å². The molecule has 0 atom stereocenters. The first-order valence-corrected chi connectivity index (χ1v) is 9.85. The first-order valence-electron chi connectivity index (χ1n) is 9.85. The molecule has 1 fully saturated rings. The fourth-order valence-electron chi connectivity index (χ4n) is 3.92. The van der Waals surface area contributed by atoms with Gasteiger partial charge in [0.1, 0.15) is 5.82 Å². The van der Waals surface area contributed by atoms with Gasteiger partial charge in [-0.2, -0.15) is 0 Å². The van der Waals surface area contributed by atoms with Crippen LogP contribution in [0, 0.1) is 0 Å². The number of benzene rings is 1. The Morgan fingerprint density at radius 3 is 2.71 bits per heavy atom. The van der Waals surface area contributed by atoms with Gasteiger partial charge in [0.15, 0.2) is 0 Å². The lowest BCUT2D eigenvalue weighted by atomic mass is 9.86. The van der Waals surface area contributed by atoms with E-state index in [4.69, 9.17) is 4.74 Å². The number of aromatic amines is 1. The predicted molar refractivity (Wildman–Crippen MR) is 116 cm³/mol. The molecule has 3 rings (SSSR count). The Labute approximate surface area is 167 Å². The Morgan fingerprint density at radius 1 is 1.32 bits per heavy atom. The minimum absolute atomic E-state index is 0.0281. The van der Waals surface area contributed by atoms with Crippen molar-refractivity contribution in [2.75, 3.05) is 27.3 Å². The molecule has 5 heteroatoms. The number of H-pyrrole nitrogens is 1. The van der Waals surface area contributed by atoms with E-state index in [1.165, 1.54) is 16.7 Å². The van der Waals surface area contributed by atoms with E-state index in [0.29, 0.717) is 11.7 Å². The summed E-state index contributed by atoms with van der Waals surface area (Å²) in [6.45, 7) is 8.31. The van der Waals surface area contributed by atoms with Gasteiger partial charge in [0.05, 0.1) is 6.61 Å². The molecule has 0 unspecified atom stereocenters. The van der Waals surface area contributed by atoms with Crippen LogP contribution in [0.3, 0.4) is 0 Å². The summed E-state index contributed by atoms with van der Waals surface area (Å²) in [6, 6.07) is 6.81. The third-order valence-electron chi connectivity index (χ3n) is 5.42. The maximum atomic E-state index is 9.61. The van der Waals surface area contributed by atoms with Gasteiger partial charge in [-0.25, -0.2) is 4.99 Å². The highest BCUT2D eigenvalue weighted by molar-refractivity contribution is 5.84. The molecule has 1 saturated heterocycles. The Bertz CT molecular complexity index is 846. The molecular formula is C23H31N3O2. The van der Waals surface area contributed by atoms with Crippen molar-refractivity contribution in [3.63, 3.8) is 0 Å². The molecule has 5 nitrogen and oxygen atoms in total. The largest absolute Gasteiger partial charge is 0.392 e. The molecule has 0 aliphatic carbocycles. The molecular weight excluding hydrogens is 350 g/mol. The molecule has 2 heterocycles. The second-order valence-corrected chi connectivity index (χ2v) is 7.76. The van der Waals surface area contributed by atoms with Gasteiger partial charge in [-0.1, -0.05) is 12.1 Å². The molecule has 1 aliphatic heterocycles. The van der Waals surface area contributed by atoms with Crippen molar-refractivity contribution in [2.45, 2.75) is 38.8 Å². The van der Waals surface area contributed by atoms with Gasteiger partial charge < -0.3 is 19.7 Å². The molecule has 0 radical (unpaired) electrons. The summed E-state index contributed by atoms with van der Waals surface area (Å²) >= 11 is 0. The van der Waals surface area contributed by atoms with Crippen molar-refractivity contribution < 1.29 is 9.84 Å². The minimum atomic E-state index is -0.0281. The van der Waals surface area contributed by atoms with Crippen molar-refractivity contribution in [3.8, 4) is 0 Å². The van der Waals surface area contributed by atoms with Crippen LogP contribution in [0.1, 0.15) is 53.5 Å². The first kappa shape index (κ1) is 20.5. The van der Waals surface area contributed by atoms with Gasteiger partial charge in [-0.3, -0.25) is 0 Å². The van der Waals surface area contributed by atoms with E-state index in [2.05, 4.69) is 66.9 Å². The third kappa shape index (κ3) is 4.61. The van der Waals surface area contributed by atoms with Crippen molar-refractivity contribution >= 4 is 24.2 Å².